The molecule has 0 bridgehead atoms. The maximum Gasteiger partial charge on any atom is 0.408 e. The Balaban J connectivity index is 1.61. The number of alkyl halides is 3. The van der Waals surface area contributed by atoms with Crippen LogP contribution in [0.2, 0.25) is 0 Å². The number of nitrogens with one attached hydrogen (secondary N) is 1. The van der Waals surface area contributed by atoms with Gasteiger partial charge in [0.15, 0.2) is 11.3 Å². The maximum atomic E-state index is 13.2. The molecule has 4 rings (SSSR count). The third-order valence-electron chi connectivity index (χ3n) is 4.96. The lowest BCUT2D eigenvalue weighted by Crippen LogP contribution is -2.47. The number of amides is 1. The van der Waals surface area contributed by atoms with Crippen LogP contribution in [0.3, 0.4) is 0 Å². The van der Waals surface area contributed by atoms with Gasteiger partial charge in [-0.25, -0.2) is 4.98 Å². The second kappa shape index (κ2) is 6.14. The average Bonchev–Trinajstić information content (AvgIpc) is 3.25. The SMILES string of the molecule is Cc1cc(OC2CCC2)nc2c(C(=O)NC(C3CC3)C(F)(F)F)ncn12. The molecule has 6 nitrogen and oxygen atoms in total. The van der Waals surface area contributed by atoms with Crippen molar-refractivity contribution in [1.82, 2.24) is 19.7 Å². The Bertz CT molecular complexity index is 840. The number of carbonyl (C=O) groups excluding carboxylic acids is 1. The Morgan fingerprint density at radius 1 is 1.35 bits per heavy atom. The van der Waals surface area contributed by atoms with Gasteiger partial charge in [-0.05, 0) is 44.9 Å². The standard InChI is InChI=1S/C17H19F3N4O2/c1-9-7-12(26-11-3-2-4-11)22-15-13(21-8-24(9)15)16(25)23-14(10-5-6-10)17(18,19)20/h7-8,10-11,14H,2-6H2,1H3,(H,23,25). The van der Waals surface area contributed by atoms with Crippen LogP contribution in [0.1, 0.15) is 48.3 Å². The average molecular weight is 368 g/mol. The second-order valence-corrected chi connectivity index (χ2v) is 7.02. The molecule has 2 aliphatic rings. The van der Waals surface area contributed by atoms with Gasteiger partial charge in [-0.15, -0.1) is 0 Å². The fraction of sp³-hybridized carbons (Fsp3) is 0.588. The van der Waals surface area contributed by atoms with Gasteiger partial charge < -0.3 is 10.1 Å². The van der Waals surface area contributed by atoms with Gasteiger partial charge in [0.1, 0.15) is 18.5 Å². The smallest absolute Gasteiger partial charge is 0.408 e. The largest absolute Gasteiger partial charge is 0.474 e. The lowest BCUT2D eigenvalue weighted by Gasteiger charge is -2.25. The van der Waals surface area contributed by atoms with Crippen LogP contribution in [0.25, 0.3) is 5.65 Å². The first-order valence-electron chi connectivity index (χ1n) is 8.72. The van der Waals surface area contributed by atoms with Crippen molar-refractivity contribution in [3.8, 4) is 5.88 Å². The Labute approximate surface area is 147 Å². The molecule has 1 unspecified atom stereocenters. The minimum Gasteiger partial charge on any atom is -0.474 e. The molecule has 1 atom stereocenters. The monoisotopic (exact) mass is 368 g/mol. The van der Waals surface area contributed by atoms with Crippen molar-refractivity contribution in [1.29, 1.82) is 0 Å². The fourth-order valence-electron chi connectivity index (χ4n) is 3.08. The molecule has 1 N–H and O–H groups in total. The predicted octanol–water partition coefficient (Wildman–Crippen LogP) is 3.04. The predicted molar refractivity (Wildman–Crippen MR) is 86.0 cm³/mol. The molecule has 1 amide bonds. The number of imidazole rings is 1. The number of aromatic nitrogens is 3. The van der Waals surface area contributed by atoms with E-state index in [1.165, 1.54) is 6.33 Å². The Kier molecular flexibility index (Phi) is 4.04. The molecule has 0 spiro atoms. The summed E-state index contributed by atoms with van der Waals surface area (Å²) in [7, 11) is 0. The van der Waals surface area contributed by atoms with E-state index in [1.54, 1.807) is 17.4 Å². The van der Waals surface area contributed by atoms with Crippen molar-refractivity contribution in [3.63, 3.8) is 0 Å². The quantitative estimate of drug-likeness (QED) is 0.881. The van der Waals surface area contributed by atoms with Gasteiger partial charge in [-0.3, -0.25) is 9.20 Å². The van der Waals surface area contributed by atoms with E-state index in [2.05, 4.69) is 15.3 Å². The van der Waals surface area contributed by atoms with Crippen molar-refractivity contribution in [2.24, 2.45) is 5.92 Å². The first kappa shape index (κ1) is 17.1. The summed E-state index contributed by atoms with van der Waals surface area (Å²) in [5, 5.41) is 2.09. The molecule has 2 aromatic heterocycles. The van der Waals surface area contributed by atoms with Gasteiger partial charge in [0.05, 0.1) is 0 Å². The fourth-order valence-corrected chi connectivity index (χ4v) is 3.08. The molecule has 2 aliphatic carbocycles. The number of halogens is 3. The molecular formula is C17H19F3N4O2. The highest BCUT2D eigenvalue weighted by Crippen LogP contribution is 2.40. The Morgan fingerprint density at radius 3 is 2.65 bits per heavy atom. The van der Waals surface area contributed by atoms with E-state index in [-0.39, 0.29) is 17.4 Å². The molecule has 0 aromatic carbocycles. The van der Waals surface area contributed by atoms with Gasteiger partial charge in [0.25, 0.3) is 5.91 Å². The number of aryl methyl sites for hydroxylation is 1. The van der Waals surface area contributed by atoms with Crippen LogP contribution in [0.4, 0.5) is 13.2 Å². The Hall–Kier alpha value is -2.32. The van der Waals surface area contributed by atoms with Crippen LogP contribution in [-0.4, -0.2) is 38.6 Å². The molecule has 2 aromatic rings. The molecule has 0 saturated heterocycles. The number of hydrogen-bond acceptors (Lipinski definition) is 4. The van der Waals surface area contributed by atoms with Crippen LogP contribution in [0.15, 0.2) is 12.4 Å². The zero-order chi connectivity index (χ0) is 18.5. The molecule has 0 aliphatic heterocycles. The summed E-state index contributed by atoms with van der Waals surface area (Å²) in [6.07, 6.45) is 0.949. The maximum absolute atomic E-state index is 13.2. The molecule has 2 fully saturated rings. The Morgan fingerprint density at radius 2 is 2.08 bits per heavy atom. The number of hydrogen-bond donors (Lipinski definition) is 1. The van der Waals surface area contributed by atoms with Gasteiger partial charge >= 0.3 is 6.18 Å². The lowest BCUT2D eigenvalue weighted by molar-refractivity contribution is -0.158. The van der Waals surface area contributed by atoms with Gasteiger partial charge in [0, 0.05) is 11.8 Å². The van der Waals surface area contributed by atoms with Crippen LogP contribution < -0.4 is 10.1 Å². The number of fused-ring (bicyclic) bond motifs is 1. The van der Waals surface area contributed by atoms with E-state index in [0.29, 0.717) is 18.7 Å². The van der Waals surface area contributed by atoms with E-state index in [4.69, 9.17) is 4.74 Å². The molecule has 0 radical (unpaired) electrons. The van der Waals surface area contributed by atoms with Crippen molar-refractivity contribution < 1.29 is 22.7 Å². The summed E-state index contributed by atoms with van der Waals surface area (Å²) in [6.45, 7) is 1.80. The molecule has 2 heterocycles. The topological polar surface area (TPSA) is 68.5 Å². The molecular weight excluding hydrogens is 349 g/mol. The zero-order valence-electron chi connectivity index (χ0n) is 14.2. The summed E-state index contributed by atoms with van der Waals surface area (Å²) < 4.78 is 46.8. The summed E-state index contributed by atoms with van der Waals surface area (Å²) in [5.41, 5.74) is 0.820. The van der Waals surface area contributed by atoms with Gasteiger partial charge in [-0.1, -0.05) is 0 Å². The first-order chi connectivity index (χ1) is 12.3. The first-order valence-corrected chi connectivity index (χ1v) is 8.72. The van der Waals surface area contributed by atoms with Crippen LogP contribution in [-0.2, 0) is 0 Å². The highest BCUT2D eigenvalue weighted by molar-refractivity contribution is 5.98. The van der Waals surface area contributed by atoms with E-state index in [1.807, 2.05) is 0 Å². The third kappa shape index (κ3) is 3.22. The van der Waals surface area contributed by atoms with Crippen molar-refractivity contribution in [2.75, 3.05) is 0 Å². The summed E-state index contributed by atoms with van der Waals surface area (Å²) in [4.78, 5) is 20.7. The summed E-state index contributed by atoms with van der Waals surface area (Å²) >= 11 is 0. The molecule has 26 heavy (non-hydrogen) atoms. The minimum absolute atomic E-state index is 0.106. The van der Waals surface area contributed by atoms with E-state index >= 15 is 0 Å². The van der Waals surface area contributed by atoms with Gasteiger partial charge in [-0.2, -0.15) is 18.2 Å². The van der Waals surface area contributed by atoms with E-state index in [0.717, 1.165) is 25.0 Å². The van der Waals surface area contributed by atoms with Crippen molar-refractivity contribution in [2.45, 2.75) is 57.3 Å². The highest BCUT2D eigenvalue weighted by Gasteiger charge is 2.50. The van der Waals surface area contributed by atoms with Crippen LogP contribution in [0.5, 0.6) is 5.88 Å². The van der Waals surface area contributed by atoms with Crippen LogP contribution >= 0.6 is 0 Å². The summed E-state index contributed by atoms with van der Waals surface area (Å²) in [6, 6.07) is -0.112. The van der Waals surface area contributed by atoms with Crippen molar-refractivity contribution in [3.05, 3.63) is 23.8 Å². The number of rotatable bonds is 5. The molecule has 2 saturated carbocycles. The number of carbonyl (C=O) groups is 1. The van der Waals surface area contributed by atoms with E-state index in [9.17, 15) is 18.0 Å². The normalized spacial score (nSPS) is 19.2. The number of nitrogens with zero attached hydrogens (tertiary/aromatic N) is 3. The minimum atomic E-state index is -4.48. The zero-order valence-corrected chi connectivity index (χ0v) is 14.2. The molecule has 9 heteroatoms. The third-order valence-corrected chi connectivity index (χ3v) is 4.96. The lowest BCUT2D eigenvalue weighted by atomic mass is 9.96. The summed E-state index contributed by atoms with van der Waals surface area (Å²) in [5.74, 6) is -1.06. The second-order valence-electron chi connectivity index (χ2n) is 7.02. The number of ether oxygens (including phenoxy) is 1. The highest BCUT2D eigenvalue weighted by atomic mass is 19.4. The van der Waals surface area contributed by atoms with Gasteiger partial charge in [0.2, 0.25) is 5.88 Å². The molecule has 140 valence electrons. The van der Waals surface area contributed by atoms with E-state index < -0.39 is 24.0 Å². The van der Waals surface area contributed by atoms with Crippen LogP contribution in [0, 0.1) is 12.8 Å². The van der Waals surface area contributed by atoms with Crippen molar-refractivity contribution >= 4 is 11.6 Å².